The number of anilines is 1. The number of nitrogens with zero attached hydrogens (tertiary/aromatic N) is 3. The number of hydrogen-bond donors (Lipinski definition) is 1. The van der Waals surface area contributed by atoms with Gasteiger partial charge < -0.3 is 10.2 Å². The summed E-state index contributed by atoms with van der Waals surface area (Å²) >= 11 is 0. The zero-order valence-corrected chi connectivity index (χ0v) is 19.7. The number of aromatic nitrogens is 2. The largest absolute Gasteiger partial charge is 0.338 e. The Morgan fingerprint density at radius 1 is 0.857 bits per heavy atom. The summed E-state index contributed by atoms with van der Waals surface area (Å²) < 4.78 is 1.77. The van der Waals surface area contributed by atoms with E-state index in [0.717, 1.165) is 22.5 Å². The van der Waals surface area contributed by atoms with E-state index in [1.807, 2.05) is 103 Å². The molecule has 35 heavy (non-hydrogen) atoms. The highest BCUT2D eigenvalue weighted by molar-refractivity contribution is 6.00. The van der Waals surface area contributed by atoms with Crippen molar-refractivity contribution in [2.75, 3.05) is 18.4 Å². The molecule has 0 radical (unpaired) electrons. The second-order valence-electron chi connectivity index (χ2n) is 8.91. The first-order valence-corrected chi connectivity index (χ1v) is 12.0. The van der Waals surface area contributed by atoms with E-state index < -0.39 is 0 Å². The Kier molecular flexibility index (Phi) is 6.44. The van der Waals surface area contributed by atoms with Gasteiger partial charge in [-0.1, -0.05) is 60.7 Å². The highest BCUT2D eigenvalue weighted by atomic mass is 16.2. The van der Waals surface area contributed by atoms with Crippen LogP contribution in [0.4, 0.5) is 5.69 Å². The lowest BCUT2D eigenvalue weighted by molar-refractivity contribution is -0.121. The number of piperidine rings is 1. The van der Waals surface area contributed by atoms with E-state index in [-0.39, 0.29) is 17.7 Å². The van der Waals surface area contributed by atoms with Gasteiger partial charge in [-0.3, -0.25) is 9.59 Å². The first-order chi connectivity index (χ1) is 17.1. The predicted octanol–water partition coefficient (Wildman–Crippen LogP) is 5.34. The monoisotopic (exact) mass is 464 g/mol. The molecule has 6 nitrogen and oxygen atoms in total. The summed E-state index contributed by atoms with van der Waals surface area (Å²) in [5, 5.41) is 7.81. The van der Waals surface area contributed by atoms with Gasteiger partial charge in [-0.05, 0) is 49.6 Å². The first kappa shape index (κ1) is 22.6. The van der Waals surface area contributed by atoms with Crippen molar-refractivity contribution in [3.63, 3.8) is 0 Å². The molecule has 0 spiro atoms. The number of carbonyl (C=O) groups is 2. The van der Waals surface area contributed by atoms with Gasteiger partial charge in [0.15, 0.2) is 0 Å². The normalized spacial score (nSPS) is 14.0. The topological polar surface area (TPSA) is 67.2 Å². The molecule has 1 aliphatic heterocycles. The SMILES string of the molecule is Cc1ccccc1-c1nn(-c2ccccc2)cc1C(=O)N1CCC(C(=O)Nc2ccccc2)CC1. The van der Waals surface area contributed by atoms with Crippen molar-refractivity contribution in [2.45, 2.75) is 19.8 Å². The molecule has 176 valence electrons. The maximum absolute atomic E-state index is 13.7. The van der Waals surface area contributed by atoms with Gasteiger partial charge in [-0.2, -0.15) is 5.10 Å². The minimum Gasteiger partial charge on any atom is -0.338 e. The molecule has 3 aromatic carbocycles. The second-order valence-corrected chi connectivity index (χ2v) is 8.91. The van der Waals surface area contributed by atoms with Crippen LogP contribution in [0.5, 0.6) is 0 Å². The van der Waals surface area contributed by atoms with Crippen LogP contribution in [0.1, 0.15) is 28.8 Å². The van der Waals surface area contributed by atoms with Crippen molar-refractivity contribution in [3.05, 3.63) is 102 Å². The van der Waals surface area contributed by atoms with E-state index in [2.05, 4.69) is 5.32 Å². The maximum Gasteiger partial charge on any atom is 0.257 e. The van der Waals surface area contributed by atoms with E-state index in [4.69, 9.17) is 5.10 Å². The molecule has 0 bridgehead atoms. The van der Waals surface area contributed by atoms with Gasteiger partial charge in [0, 0.05) is 36.5 Å². The third-order valence-electron chi connectivity index (χ3n) is 6.56. The Hall–Kier alpha value is -4.19. The molecule has 2 amide bonds. The molecule has 0 saturated carbocycles. The molecule has 4 aromatic rings. The zero-order valence-electron chi connectivity index (χ0n) is 19.7. The molecular formula is C29H28N4O2. The smallest absolute Gasteiger partial charge is 0.257 e. The van der Waals surface area contributed by atoms with Gasteiger partial charge in [0.05, 0.1) is 11.3 Å². The van der Waals surface area contributed by atoms with E-state index in [0.29, 0.717) is 37.2 Å². The quantitative estimate of drug-likeness (QED) is 0.434. The average molecular weight is 465 g/mol. The van der Waals surface area contributed by atoms with Crippen LogP contribution in [0.25, 0.3) is 16.9 Å². The van der Waals surface area contributed by atoms with Crippen molar-refractivity contribution in [3.8, 4) is 16.9 Å². The van der Waals surface area contributed by atoms with E-state index in [1.54, 1.807) is 4.68 Å². The van der Waals surface area contributed by atoms with Crippen LogP contribution in [0.3, 0.4) is 0 Å². The minimum absolute atomic E-state index is 0.0146. The van der Waals surface area contributed by atoms with Gasteiger partial charge >= 0.3 is 0 Å². The number of benzene rings is 3. The summed E-state index contributed by atoms with van der Waals surface area (Å²) in [7, 11) is 0. The standard InChI is InChI=1S/C29H28N4O2/c1-21-10-8-9-15-25(21)27-26(20-33(31-27)24-13-6-3-7-14-24)29(35)32-18-16-22(17-19-32)28(34)30-23-11-4-2-5-12-23/h2-15,20,22H,16-19H2,1H3,(H,30,34). The van der Waals surface area contributed by atoms with Crippen molar-refractivity contribution >= 4 is 17.5 Å². The van der Waals surface area contributed by atoms with Gasteiger partial charge in [0.25, 0.3) is 5.91 Å². The summed E-state index contributed by atoms with van der Waals surface area (Å²) in [5.74, 6) is -0.143. The second kappa shape index (κ2) is 9.97. The number of rotatable bonds is 5. The number of likely N-dealkylation sites (tertiary alicyclic amines) is 1. The molecule has 6 heteroatoms. The third-order valence-corrected chi connectivity index (χ3v) is 6.56. The van der Waals surface area contributed by atoms with Crippen molar-refractivity contribution < 1.29 is 9.59 Å². The fourth-order valence-corrected chi connectivity index (χ4v) is 4.56. The Morgan fingerprint density at radius 2 is 1.49 bits per heavy atom. The number of aryl methyl sites for hydroxylation is 1. The lowest BCUT2D eigenvalue weighted by Crippen LogP contribution is -2.41. The maximum atomic E-state index is 13.7. The van der Waals surface area contributed by atoms with E-state index >= 15 is 0 Å². The van der Waals surface area contributed by atoms with E-state index in [1.165, 1.54) is 0 Å². The predicted molar refractivity (Wildman–Crippen MR) is 137 cm³/mol. The molecule has 0 atom stereocenters. The molecule has 0 aliphatic carbocycles. The highest BCUT2D eigenvalue weighted by Gasteiger charge is 2.30. The Morgan fingerprint density at radius 3 is 2.17 bits per heavy atom. The minimum atomic E-state index is -0.109. The summed E-state index contributed by atoms with van der Waals surface area (Å²) in [4.78, 5) is 28.3. The van der Waals surface area contributed by atoms with Gasteiger partial charge in [0.1, 0.15) is 5.69 Å². The highest BCUT2D eigenvalue weighted by Crippen LogP contribution is 2.29. The zero-order chi connectivity index (χ0) is 24.2. The van der Waals surface area contributed by atoms with Crippen LogP contribution in [0.2, 0.25) is 0 Å². The van der Waals surface area contributed by atoms with Gasteiger partial charge in [-0.15, -0.1) is 0 Å². The number of hydrogen-bond acceptors (Lipinski definition) is 3. The molecule has 1 aliphatic rings. The molecule has 2 heterocycles. The average Bonchev–Trinajstić information content (AvgIpc) is 3.35. The van der Waals surface area contributed by atoms with Crippen LogP contribution in [0, 0.1) is 12.8 Å². The van der Waals surface area contributed by atoms with Crippen LogP contribution < -0.4 is 5.32 Å². The number of amides is 2. The van der Waals surface area contributed by atoms with Crippen LogP contribution in [-0.2, 0) is 4.79 Å². The Labute approximate surface area is 205 Å². The van der Waals surface area contributed by atoms with Crippen molar-refractivity contribution in [1.29, 1.82) is 0 Å². The van der Waals surface area contributed by atoms with Gasteiger partial charge in [0.2, 0.25) is 5.91 Å². The molecule has 0 unspecified atom stereocenters. The Balaban J connectivity index is 1.36. The third kappa shape index (κ3) is 4.87. The Bertz CT molecular complexity index is 1320. The summed E-state index contributed by atoms with van der Waals surface area (Å²) in [6.07, 6.45) is 3.10. The van der Waals surface area contributed by atoms with Crippen LogP contribution in [0.15, 0.2) is 91.1 Å². The lowest BCUT2D eigenvalue weighted by atomic mass is 9.95. The molecule has 1 fully saturated rings. The fraction of sp³-hybridized carbons (Fsp3) is 0.207. The first-order valence-electron chi connectivity index (χ1n) is 12.0. The number of para-hydroxylation sites is 2. The van der Waals surface area contributed by atoms with Crippen LogP contribution >= 0.6 is 0 Å². The molecular weight excluding hydrogens is 436 g/mol. The molecule has 1 saturated heterocycles. The number of nitrogens with one attached hydrogen (secondary N) is 1. The lowest BCUT2D eigenvalue weighted by Gasteiger charge is -2.31. The molecule has 5 rings (SSSR count). The van der Waals surface area contributed by atoms with Crippen LogP contribution in [-0.4, -0.2) is 39.6 Å². The van der Waals surface area contributed by atoms with Crippen molar-refractivity contribution in [1.82, 2.24) is 14.7 Å². The fourth-order valence-electron chi connectivity index (χ4n) is 4.56. The van der Waals surface area contributed by atoms with Gasteiger partial charge in [-0.25, -0.2) is 4.68 Å². The molecule has 1 N–H and O–H groups in total. The number of carbonyl (C=O) groups excluding carboxylic acids is 2. The summed E-state index contributed by atoms with van der Waals surface area (Å²) in [6, 6.07) is 27.3. The van der Waals surface area contributed by atoms with Crippen molar-refractivity contribution in [2.24, 2.45) is 5.92 Å². The van der Waals surface area contributed by atoms with E-state index in [9.17, 15) is 9.59 Å². The summed E-state index contributed by atoms with van der Waals surface area (Å²) in [6.45, 7) is 3.10. The summed E-state index contributed by atoms with van der Waals surface area (Å²) in [5.41, 5.74) is 4.97. The molecule has 1 aromatic heterocycles.